The van der Waals surface area contributed by atoms with E-state index in [2.05, 4.69) is 0 Å². The van der Waals surface area contributed by atoms with E-state index in [0.717, 1.165) is 0 Å². The van der Waals surface area contributed by atoms with Gasteiger partial charge in [0.2, 0.25) is 0 Å². The summed E-state index contributed by atoms with van der Waals surface area (Å²) in [6.45, 7) is -0.508. The van der Waals surface area contributed by atoms with E-state index in [-0.39, 0.29) is 18.0 Å². The standard InChI is InChI=1S/C8H10F5NO/c9-6(15)7(10,11)8(12,13)14-4-2-1-3-5-14/h1-5H2. The highest BCUT2D eigenvalue weighted by Crippen LogP contribution is 2.39. The van der Waals surface area contributed by atoms with Gasteiger partial charge in [0.1, 0.15) is 0 Å². The summed E-state index contributed by atoms with van der Waals surface area (Å²) in [5, 5.41) is 0. The smallest absolute Gasteiger partial charge is 0.254 e. The van der Waals surface area contributed by atoms with Gasteiger partial charge in [0.05, 0.1) is 0 Å². The van der Waals surface area contributed by atoms with Crippen molar-refractivity contribution in [1.29, 1.82) is 0 Å². The molecule has 1 heterocycles. The molecule has 15 heavy (non-hydrogen) atoms. The summed E-state index contributed by atoms with van der Waals surface area (Å²) in [6.07, 6.45) is 1.35. The first-order valence-corrected chi connectivity index (χ1v) is 4.51. The lowest BCUT2D eigenvalue weighted by Crippen LogP contribution is -2.58. The lowest BCUT2D eigenvalue weighted by molar-refractivity contribution is -0.280. The molecule has 0 aromatic rings. The Balaban J connectivity index is 2.84. The highest BCUT2D eigenvalue weighted by Gasteiger charge is 2.65. The van der Waals surface area contributed by atoms with Gasteiger partial charge in [0.25, 0.3) is 0 Å². The Bertz CT molecular complexity index is 249. The third kappa shape index (κ3) is 2.11. The van der Waals surface area contributed by atoms with E-state index in [0.29, 0.717) is 19.3 Å². The lowest BCUT2D eigenvalue weighted by atomic mass is 10.1. The van der Waals surface area contributed by atoms with Gasteiger partial charge < -0.3 is 0 Å². The van der Waals surface area contributed by atoms with Crippen LogP contribution in [-0.4, -0.2) is 36.0 Å². The van der Waals surface area contributed by atoms with Crippen molar-refractivity contribution in [3.63, 3.8) is 0 Å². The average Bonchev–Trinajstić information content (AvgIpc) is 2.18. The average molecular weight is 231 g/mol. The van der Waals surface area contributed by atoms with Crippen LogP contribution in [0.25, 0.3) is 0 Å². The number of halogens is 5. The van der Waals surface area contributed by atoms with Crippen molar-refractivity contribution in [1.82, 2.24) is 4.90 Å². The summed E-state index contributed by atoms with van der Waals surface area (Å²) in [6, 6.07) is -8.03. The number of carbonyl (C=O) groups excluding carboxylic acids is 1. The van der Waals surface area contributed by atoms with E-state index >= 15 is 0 Å². The maximum Gasteiger partial charge on any atom is 0.412 e. The fourth-order valence-corrected chi connectivity index (χ4v) is 1.49. The van der Waals surface area contributed by atoms with Crippen molar-refractivity contribution in [2.24, 2.45) is 0 Å². The number of piperidine rings is 1. The number of alkyl halides is 4. The van der Waals surface area contributed by atoms with E-state index < -0.39 is 18.0 Å². The number of hydrogen-bond donors (Lipinski definition) is 0. The number of nitrogens with zero attached hydrogens (tertiary/aromatic N) is 1. The molecule has 0 radical (unpaired) electrons. The van der Waals surface area contributed by atoms with Crippen LogP contribution < -0.4 is 0 Å². The summed E-state index contributed by atoms with van der Waals surface area (Å²) >= 11 is 0. The van der Waals surface area contributed by atoms with Crippen LogP contribution in [0.15, 0.2) is 0 Å². The van der Waals surface area contributed by atoms with Gasteiger partial charge >= 0.3 is 18.0 Å². The third-order valence-electron chi connectivity index (χ3n) is 2.38. The molecule has 88 valence electrons. The second kappa shape index (κ2) is 4.03. The molecule has 0 spiro atoms. The van der Waals surface area contributed by atoms with Crippen molar-refractivity contribution >= 4 is 6.04 Å². The highest BCUT2D eigenvalue weighted by atomic mass is 19.3. The van der Waals surface area contributed by atoms with Gasteiger partial charge in [-0.15, -0.1) is 0 Å². The van der Waals surface area contributed by atoms with Gasteiger partial charge in [-0.1, -0.05) is 6.42 Å². The van der Waals surface area contributed by atoms with Crippen LogP contribution in [0.2, 0.25) is 0 Å². The largest absolute Gasteiger partial charge is 0.412 e. The predicted octanol–water partition coefficient (Wildman–Crippen LogP) is 2.20. The van der Waals surface area contributed by atoms with Crippen molar-refractivity contribution in [3.8, 4) is 0 Å². The molecule has 0 unspecified atom stereocenters. The van der Waals surface area contributed by atoms with Gasteiger partial charge in [-0.25, -0.2) is 4.90 Å². The van der Waals surface area contributed by atoms with E-state index in [1.54, 1.807) is 0 Å². The number of rotatable bonds is 3. The van der Waals surface area contributed by atoms with Crippen LogP contribution in [0.1, 0.15) is 19.3 Å². The fraction of sp³-hybridized carbons (Fsp3) is 0.875. The maximum absolute atomic E-state index is 13.1. The molecule has 1 aliphatic rings. The molecule has 0 aromatic heterocycles. The van der Waals surface area contributed by atoms with E-state index in [1.165, 1.54) is 0 Å². The second-order valence-electron chi connectivity index (χ2n) is 3.44. The van der Waals surface area contributed by atoms with Crippen LogP contribution in [0.3, 0.4) is 0 Å². The Kier molecular flexibility index (Phi) is 3.32. The molecular formula is C8H10F5NO. The maximum atomic E-state index is 13.1. The van der Waals surface area contributed by atoms with Crippen LogP contribution in [0.4, 0.5) is 22.0 Å². The molecule has 0 atom stereocenters. The zero-order valence-corrected chi connectivity index (χ0v) is 7.78. The summed E-state index contributed by atoms with van der Waals surface area (Å²) in [5.41, 5.74) is 0. The van der Waals surface area contributed by atoms with Gasteiger partial charge in [-0.05, 0) is 12.8 Å². The Morgan fingerprint density at radius 2 is 1.47 bits per heavy atom. The molecule has 1 aliphatic heterocycles. The topological polar surface area (TPSA) is 20.3 Å². The molecule has 0 N–H and O–H groups in total. The molecule has 0 saturated carbocycles. The summed E-state index contributed by atoms with van der Waals surface area (Å²) in [4.78, 5) is 9.99. The fourth-order valence-electron chi connectivity index (χ4n) is 1.49. The molecule has 1 rings (SSSR count). The monoisotopic (exact) mass is 231 g/mol. The first kappa shape index (κ1) is 12.4. The van der Waals surface area contributed by atoms with Crippen LogP contribution >= 0.6 is 0 Å². The van der Waals surface area contributed by atoms with Gasteiger partial charge in [0.15, 0.2) is 0 Å². The van der Waals surface area contributed by atoms with E-state index in [4.69, 9.17) is 0 Å². The zero-order valence-electron chi connectivity index (χ0n) is 7.78. The number of carbonyl (C=O) groups is 1. The number of likely N-dealkylation sites (tertiary alicyclic amines) is 1. The first-order chi connectivity index (χ1) is 6.80. The van der Waals surface area contributed by atoms with Gasteiger partial charge in [-0.3, -0.25) is 4.79 Å². The minimum atomic E-state index is -5.26. The first-order valence-electron chi connectivity index (χ1n) is 4.51. The van der Waals surface area contributed by atoms with Gasteiger partial charge in [-0.2, -0.15) is 22.0 Å². The van der Waals surface area contributed by atoms with Crippen LogP contribution in [0.5, 0.6) is 0 Å². The van der Waals surface area contributed by atoms with Gasteiger partial charge in [0, 0.05) is 13.1 Å². The zero-order chi connectivity index (χ0) is 11.7. The molecular weight excluding hydrogens is 221 g/mol. The molecule has 0 aromatic carbocycles. The molecule has 1 saturated heterocycles. The Labute approximate surface area is 83.0 Å². The molecule has 0 bridgehead atoms. The third-order valence-corrected chi connectivity index (χ3v) is 2.38. The van der Waals surface area contributed by atoms with Crippen molar-refractivity contribution in [3.05, 3.63) is 0 Å². The second-order valence-corrected chi connectivity index (χ2v) is 3.44. The molecule has 7 heteroatoms. The van der Waals surface area contributed by atoms with Crippen molar-refractivity contribution < 1.29 is 26.7 Å². The highest BCUT2D eigenvalue weighted by molar-refractivity contribution is 5.77. The molecule has 0 amide bonds. The molecule has 1 fully saturated rings. The van der Waals surface area contributed by atoms with Crippen molar-refractivity contribution in [2.45, 2.75) is 31.2 Å². The Morgan fingerprint density at radius 1 is 1.00 bits per heavy atom. The molecule has 0 aliphatic carbocycles. The normalized spacial score (nSPS) is 20.3. The lowest BCUT2D eigenvalue weighted by Gasteiger charge is -2.36. The summed E-state index contributed by atoms with van der Waals surface area (Å²) in [7, 11) is 0. The Hall–Kier alpha value is -0.720. The van der Waals surface area contributed by atoms with Crippen molar-refractivity contribution in [2.75, 3.05) is 13.1 Å². The minimum absolute atomic E-state index is 0.161. The predicted molar refractivity (Wildman–Crippen MR) is 41.4 cm³/mol. The quantitative estimate of drug-likeness (QED) is 0.421. The summed E-state index contributed by atoms with van der Waals surface area (Å²) < 4.78 is 63.1. The van der Waals surface area contributed by atoms with Crippen LogP contribution in [-0.2, 0) is 4.79 Å². The van der Waals surface area contributed by atoms with Crippen LogP contribution in [0, 0.1) is 0 Å². The van der Waals surface area contributed by atoms with E-state index in [1.807, 2.05) is 0 Å². The minimum Gasteiger partial charge on any atom is -0.254 e. The Morgan fingerprint density at radius 3 is 1.87 bits per heavy atom. The molecule has 2 nitrogen and oxygen atoms in total. The number of hydrogen-bond acceptors (Lipinski definition) is 2. The summed E-state index contributed by atoms with van der Waals surface area (Å²) in [5.74, 6) is -5.26. The van der Waals surface area contributed by atoms with E-state index in [9.17, 15) is 26.7 Å². The SMILES string of the molecule is O=C(F)C(F)(F)C(F)(F)N1CCCCC1.